The summed E-state index contributed by atoms with van der Waals surface area (Å²) in [6, 6.07) is -0.942. The predicted molar refractivity (Wildman–Crippen MR) is 302 cm³/mol. The first-order chi connectivity index (χ1) is 34.0. The monoisotopic (exact) mass is 995 g/mol. The van der Waals surface area contributed by atoms with Gasteiger partial charge in [0.05, 0.1) is 39.9 Å². The Labute approximate surface area is 431 Å². The minimum atomic E-state index is -4.63. The number of aliphatic hydroxyl groups is 1. The standard InChI is InChI=1S/C61H107N2O6P/c1-6-8-10-12-14-16-18-20-22-24-26-28-29-30-31-32-33-35-36-38-40-42-44-46-48-50-52-54-60(64)59(58-69-70(66,67)68-57-56-63(3,4)5)62-61(65)55-53-51-49-47-45-43-41-39-37-34-27-25-23-21-19-17-15-13-11-9-7-2/h9,11,15,17,21,23,27,34,36,38-39,41,44-47,52,54,59-60,64H,6-8,10,12-14,16,18-20,22,24-26,28-33,35,37,40,42-43,48-51,53,55-58H2,1-5H3,(H-,62,65,66,67)/b11-9-,17-15-,23-21-,34-27-,38-36+,41-39-,46-44+,47-45-,54-52+. The Balaban J connectivity index is 4.40. The number of hydrogen-bond acceptors (Lipinski definition) is 6. The summed E-state index contributed by atoms with van der Waals surface area (Å²) in [5.74, 6) is -0.257. The van der Waals surface area contributed by atoms with E-state index in [0.717, 1.165) is 70.6 Å². The molecule has 8 nitrogen and oxygen atoms in total. The molecule has 9 heteroatoms. The zero-order valence-electron chi connectivity index (χ0n) is 45.7. The first-order valence-corrected chi connectivity index (χ1v) is 29.7. The number of allylic oxidation sites excluding steroid dienone is 17. The van der Waals surface area contributed by atoms with Crippen molar-refractivity contribution in [2.45, 2.75) is 231 Å². The molecule has 0 aromatic heterocycles. The lowest BCUT2D eigenvalue weighted by Crippen LogP contribution is -2.45. The lowest BCUT2D eigenvalue weighted by molar-refractivity contribution is -0.870. The van der Waals surface area contributed by atoms with Crippen LogP contribution in [-0.4, -0.2) is 68.5 Å². The Morgan fingerprint density at radius 1 is 0.514 bits per heavy atom. The lowest BCUT2D eigenvalue weighted by Gasteiger charge is -2.29. The number of phosphoric acid groups is 1. The highest BCUT2D eigenvalue weighted by Gasteiger charge is 2.23. The van der Waals surface area contributed by atoms with Gasteiger partial charge in [-0.25, -0.2) is 0 Å². The zero-order valence-corrected chi connectivity index (χ0v) is 46.6. The highest BCUT2D eigenvalue weighted by Crippen LogP contribution is 2.38. The predicted octanol–water partition coefficient (Wildman–Crippen LogP) is 16.6. The summed E-state index contributed by atoms with van der Waals surface area (Å²) in [6.45, 7) is 4.47. The maximum Gasteiger partial charge on any atom is 0.268 e. The Kier molecular flexibility index (Phi) is 49.0. The van der Waals surface area contributed by atoms with Crippen molar-refractivity contribution >= 4 is 13.7 Å². The summed E-state index contributed by atoms with van der Waals surface area (Å²) in [5, 5.41) is 13.8. The van der Waals surface area contributed by atoms with Crippen LogP contribution in [0.1, 0.15) is 219 Å². The second kappa shape index (κ2) is 51.1. The van der Waals surface area contributed by atoms with Crippen LogP contribution < -0.4 is 10.2 Å². The van der Waals surface area contributed by atoms with Gasteiger partial charge >= 0.3 is 0 Å². The van der Waals surface area contributed by atoms with E-state index in [-0.39, 0.29) is 18.9 Å². The van der Waals surface area contributed by atoms with E-state index in [2.05, 4.69) is 116 Å². The van der Waals surface area contributed by atoms with Crippen LogP contribution in [0.15, 0.2) is 109 Å². The molecule has 0 spiro atoms. The van der Waals surface area contributed by atoms with Crippen molar-refractivity contribution in [2.75, 3.05) is 40.9 Å². The summed E-state index contributed by atoms with van der Waals surface area (Å²) < 4.78 is 23.3. The molecule has 0 aliphatic rings. The minimum absolute atomic E-state index is 0.0239. The molecular formula is C61H107N2O6P. The minimum Gasteiger partial charge on any atom is -0.756 e. The van der Waals surface area contributed by atoms with Crippen molar-refractivity contribution in [1.29, 1.82) is 0 Å². The van der Waals surface area contributed by atoms with E-state index in [1.54, 1.807) is 6.08 Å². The summed E-state index contributed by atoms with van der Waals surface area (Å²) >= 11 is 0. The molecule has 0 fully saturated rings. The van der Waals surface area contributed by atoms with Crippen LogP contribution in [-0.2, 0) is 18.4 Å². The van der Waals surface area contributed by atoms with Gasteiger partial charge in [0.25, 0.3) is 7.82 Å². The van der Waals surface area contributed by atoms with E-state index in [1.165, 1.54) is 116 Å². The number of nitrogens with zero attached hydrogens (tertiary/aromatic N) is 1. The molecule has 0 saturated heterocycles. The second-order valence-electron chi connectivity index (χ2n) is 19.9. The number of unbranched alkanes of at least 4 members (excludes halogenated alkanes) is 21. The van der Waals surface area contributed by atoms with Gasteiger partial charge in [0, 0.05) is 6.42 Å². The van der Waals surface area contributed by atoms with E-state index in [0.29, 0.717) is 23.9 Å². The van der Waals surface area contributed by atoms with E-state index < -0.39 is 26.6 Å². The fraction of sp³-hybridized carbons (Fsp3) is 0.689. The number of carbonyl (C=O) groups excluding carboxylic acids is 1. The number of hydrogen-bond donors (Lipinski definition) is 2. The Morgan fingerprint density at radius 2 is 0.886 bits per heavy atom. The van der Waals surface area contributed by atoms with Gasteiger partial charge in [0.2, 0.25) is 5.91 Å². The van der Waals surface area contributed by atoms with Gasteiger partial charge in [-0.05, 0) is 96.3 Å². The third-order valence-electron chi connectivity index (χ3n) is 11.9. The topological polar surface area (TPSA) is 108 Å². The summed E-state index contributed by atoms with van der Waals surface area (Å²) in [4.78, 5) is 25.5. The molecule has 0 rings (SSSR count). The molecule has 402 valence electrons. The first kappa shape index (κ1) is 67.2. The third-order valence-corrected chi connectivity index (χ3v) is 12.9. The number of amides is 1. The third kappa shape index (κ3) is 53.0. The Hall–Kier alpha value is -2.84. The number of carbonyl (C=O) groups is 1. The van der Waals surface area contributed by atoms with Crippen LogP contribution in [0.5, 0.6) is 0 Å². The fourth-order valence-corrected chi connectivity index (χ4v) is 8.26. The fourth-order valence-electron chi connectivity index (χ4n) is 7.54. The molecule has 0 aliphatic heterocycles. The number of nitrogens with one attached hydrogen (secondary N) is 1. The Morgan fingerprint density at radius 3 is 1.33 bits per heavy atom. The molecule has 0 radical (unpaired) electrons. The van der Waals surface area contributed by atoms with Crippen molar-refractivity contribution in [3.8, 4) is 0 Å². The quantitative estimate of drug-likeness (QED) is 0.0272. The molecule has 0 heterocycles. The second-order valence-corrected chi connectivity index (χ2v) is 21.3. The van der Waals surface area contributed by atoms with Crippen LogP contribution in [0.4, 0.5) is 0 Å². The van der Waals surface area contributed by atoms with Gasteiger partial charge in [-0.2, -0.15) is 0 Å². The van der Waals surface area contributed by atoms with Gasteiger partial charge in [-0.3, -0.25) is 9.36 Å². The highest BCUT2D eigenvalue weighted by atomic mass is 31.2. The van der Waals surface area contributed by atoms with Gasteiger partial charge < -0.3 is 28.8 Å². The number of likely N-dealkylation sites (N-methyl/N-ethyl adjacent to an activating group) is 1. The van der Waals surface area contributed by atoms with E-state index >= 15 is 0 Å². The van der Waals surface area contributed by atoms with Crippen LogP contribution >= 0.6 is 7.82 Å². The summed E-state index contributed by atoms with van der Waals surface area (Å²) in [6.07, 6.45) is 74.6. The van der Waals surface area contributed by atoms with Crippen LogP contribution in [0.2, 0.25) is 0 Å². The molecule has 70 heavy (non-hydrogen) atoms. The molecular weight excluding hydrogens is 888 g/mol. The largest absolute Gasteiger partial charge is 0.756 e. The van der Waals surface area contributed by atoms with Crippen molar-refractivity contribution in [3.63, 3.8) is 0 Å². The number of aliphatic hydroxyl groups excluding tert-OH is 1. The van der Waals surface area contributed by atoms with Crippen molar-refractivity contribution in [1.82, 2.24) is 5.32 Å². The van der Waals surface area contributed by atoms with Gasteiger partial charge in [0.15, 0.2) is 0 Å². The average molecular weight is 996 g/mol. The maximum absolute atomic E-state index is 12.9. The van der Waals surface area contributed by atoms with E-state index in [9.17, 15) is 19.4 Å². The number of quaternary nitrogens is 1. The normalized spacial score (nSPS) is 14.8. The smallest absolute Gasteiger partial charge is 0.268 e. The van der Waals surface area contributed by atoms with Crippen LogP contribution in [0.25, 0.3) is 0 Å². The van der Waals surface area contributed by atoms with Crippen molar-refractivity contribution in [3.05, 3.63) is 109 Å². The van der Waals surface area contributed by atoms with Gasteiger partial charge in [-0.15, -0.1) is 0 Å². The molecule has 3 atom stereocenters. The van der Waals surface area contributed by atoms with Crippen LogP contribution in [0.3, 0.4) is 0 Å². The zero-order chi connectivity index (χ0) is 51.3. The van der Waals surface area contributed by atoms with E-state index in [1.807, 2.05) is 27.2 Å². The van der Waals surface area contributed by atoms with Crippen LogP contribution in [0, 0.1) is 0 Å². The molecule has 0 saturated carbocycles. The average Bonchev–Trinajstić information content (AvgIpc) is 3.32. The first-order valence-electron chi connectivity index (χ1n) is 28.2. The van der Waals surface area contributed by atoms with Gasteiger partial charge in [-0.1, -0.05) is 226 Å². The molecule has 0 bridgehead atoms. The van der Waals surface area contributed by atoms with Crippen molar-refractivity contribution < 1.29 is 32.9 Å². The number of rotatable bonds is 50. The molecule has 0 aliphatic carbocycles. The SMILES string of the molecule is CC/C=C\C/C=C\C/C=C\C/C=C\C/C=C\C/C=C\CCCCC(=O)NC(COP(=O)([O-])OCC[N+](C)(C)C)C(O)/C=C/CC/C=C/CC/C=C/CCCCCCCCCCCCCCCCCCC. The maximum atomic E-state index is 12.9. The van der Waals surface area contributed by atoms with Gasteiger partial charge in [0.1, 0.15) is 13.2 Å². The summed E-state index contributed by atoms with van der Waals surface area (Å²) in [5.41, 5.74) is 0. The number of phosphoric ester groups is 1. The Bertz CT molecular complexity index is 1500. The highest BCUT2D eigenvalue weighted by molar-refractivity contribution is 7.45. The molecule has 0 aromatic rings. The summed E-state index contributed by atoms with van der Waals surface area (Å²) in [7, 11) is 1.19. The van der Waals surface area contributed by atoms with E-state index in [4.69, 9.17) is 9.05 Å². The molecule has 1 amide bonds. The lowest BCUT2D eigenvalue weighted by atomic mass is 10.0. The molecule has 3 unspecified atom stereocenters. The molecule has 2 N–H and O–H groups in total. The van der Waals surface area contributed by atoms with Crippen molar-refractivity contribution in [2.24, 2.45) is 0 Å². The molecule has 0 aromatic carbocycles.